The molecule has 2 heterocycles. The van der Waals surface area contributed by atoms with E-state index in [9.17, 15) is 5.11 Å². The van der Waals surface area contributed by atoms with Gasteiger partial charge in [-0.05, 0) is 31.7 Å². The number of benzene rings is 1. The van der Waals surface area contributed by atoms with Gasteiger partial charge in [-0.2, -0.15) is 0 Å². The van der Waals surface area contributed by atoms with Crippen LogP contribution in [0.2, 0.25) is 0 Å². The van der Waals surface area contributed by atoms with E-state index in [2.05, 4.69) is 41.3 Å². The van der Waals surface area contributed by atoms with Crippen molar-refractivity contribution in [3.8, 4) is 5.75 Å². The molecule has 1 aromatic carbocycles. The normalized spacial score (nSPS) is 18.2. The second-order valence-electron chi connectivity index (χ2n) is 6.69. The Morgan fingerprint density at radius 2 is 1.83 bits per heavy atom. The van der Waals surface area contributed by atoms with Gasteiger partial charge in [0.25, 0.3) is 0 Å². The summed E-state index contributed by atoms with van der Waals surface area (Å²) in [4.78, 5) is 4.83. The summed E-state index contributed by atoms with van der Waals surface area (Å²) >= 11 is 0. The first-order chi connectivity index (χ1) is 11.5. The first-order valence-electron chi connectivity index (χ1n) is 8.80. The van der Waals surface area contributed by atoms with Gasteiger partial charge in [-0.1, -0.05) is 6.92 Å². The van der Waals surface area contributed by atoms with Crippen LogP contribution in [-0.4, -0.2) is 65.9 Å². The van der Waals surface area contributed by atoms with Crippen molar-refractivity contribution in [2.45, 2.75) is 20.0 Å². The van der Waals surface area contributed by atoms with Gasteiger partial charge in [0.1, 0.15) is 5.75 Å². The number of aliphatic hydroxyl groups excluding tert-OH is 1. The molecular weight excluding hydrogens is 302 g/mol. The first-order valence-corrected chi connectivity index (χ1v) is 8.80. The fraction of sp³-hybridized carbons (Fsp3) is 0.579. The van der Waals surface area contributed by atoms with Gasteiger partial charge in [0.05, 0.1) is 13.2 Å². The van der Waals surface area contributed by atoms with Gasteiger partial charge in [0, 0.05) is 61.9 Å². The lowest BCUT2D eigenvalue weighted by Gasteiger charge is -2.35. The number of likely N-dealkylation sites (N-methyl/N-ethyl adjacent to an activating group) is 1. The molecule has 0 spiro atoms. The van der Waals surface area contributed by atoms with E-state index in [1.54, 1.807) is 7.11 Å². The molecule has 1 atom stereocenters. The van der Waals surface area contributed by atoms with Crippen LogP contribution in [0, 0.1) is 6.92 Å². The Kier molecular flexibility index (Phi) is 5.13. The fourth-order valence-electron chi connectivity index (χ4n) is 3.75. The third-order valence-electron chi connectivity index (χ3n) is 5.42. The van der Waals surface area contributed by atoms with E-state index in [-0.39, 0.29) is 0 Å². The molecule has 0 saturated carbocycles. The standard InChI is InChI=1S/C19H29N3O2/c1-5-21-8-10-22(11-9-21)13-18(23)19-14(2)20(3)17-7-6-15(24-4)12-16(17)19/h6-7,12,18,23H,5,8-11,13H2,1-4H3. The van der Waals surface area contributed by atoms with E-state index in [4.69, 9.17) is 4.74 Å². The number of hydrogen-bond donors (Lipinski definition) is 1. The predicted molar refractivity (Wildman–Crippen MR) is 97.7 cm³/mol. The highest BCUT2D eigenvalue weighted by molar-refractivity contribution is 5.87. The molecule has 5 heteroatoms. The number of methoxy groups -OCH3 is 1. The van der Waals surface area contributed by atoms with Crippen molar-refractivity contribution < 1.29 is 9.84 Å². The molecule has 1 saturated heterocycles. The molecule has 24 heavy (non-hydrogen) atoms. The number of aromatic nitrogens is 1. The minimum absolute atomic E-state index is 0.478. The zero-order chi connectivity index (χ0) is 17.3. The fourth-order valence-corrected chi connectivity index (χ4v) is 3.75. The van der Waals surface area contributed by atoms with Crippen LogP contribution in [0.5, 0.6) is 5.75 Å². The minimum Gasteiger partial charge on any atom is -0.497 e. The third-order valence-corrected chi connectivity index (χ3v) is 5.42. The molecule has 0 bridgehead atoms. The summed E-state index contributed by atoms with van der Waals surface area (Å²) in [6.45, 7) is 10.3. The monoisotopic (exact) mass is 331 g/mol. The van der Waals surface area contributed by atoms with Crippen LogP contribution in [0.3, 0.4) is 0 Å². The first kappa shape index (κ1) is 17.3. The van der Waals surface area contributed by atoms with E-state index >= 15 is 0 Å². The lowest BCUT2D eigenvalue weighted by Crippen LogP contribution is -2.47. The van der Waals surface area contributed by atoms with Crippen molar-refractivity contribution in [1.82, 2.24) is 14.4 Å². The molecule has 1 aromatic heterocycles. The van der Waals surface area contributed by atoms with Gasteiger partial charge in [-0.25, -0.2) is 0 Å². The maximum absolute atomic E-state index is 10.9. The largest absolute Gasteiger partial charge is 0.497 e. The Morgan fingerprint density at radius 3 is 2.46 bits per heavy atom. The molecule has 1 N–H and O–H groups in total. The number of fused-ring (bicyclic) bond motifs is 1. The lowest BCUT2D eigenvalue weighted by atomic mass is 10.0. The molecule has 0 amide bonds. The van der Waals surface area contributed by atoms with Crippen LogP contribution in [0.4, 0.5) is 0 Å². The summed E-state index contributed by atoms with van der Waals surface area (Å²) < 4.78 is 7.53. The molecule has 132 valence electrons. The zero-order valence-electron chi connectivity index (χ0n) is 15.2. The van der Waals surface area contributed by atoms with E-state index in [1.807, 2.05) is 12.1 Å². The predicted octanol–water partition coefficient (Wildman–Crippen LogP) is 2.17. The van der Waals surface area contributed by atoms with Crippen molar-refractivity contribution in [1.29, 1.82) is 0 Å². The van der Waals surface area contributed by atoms with Gasteiger partial charge in [-0.3, -0.25) is 4.90 Å². The summed E-state index contributed by atoms with van der Waals surface area (Å²) in [6.07, 6.45) is -0.478. The van der Waals surface area contributed by atoms with Crippen LogP contribution in [-0.2, 0) is 7.05 Å². The highest BCUT2D eigenvalue weighted by Gasteiger charge is 2.23. The van der Waals surface area contributed by atoms with E-state index in [0.717, 1.165) is 60.6 Å². The number of rotatable bonds is 5. The molecule has 0 radical (unpaired) electrons. The quantitative estimate of drug-likeness (QED) is 0.912. The number of nitrogens with zero attached hydrogens (tertiary/aromatic N) is 3. The van der Waals surface area contributed by atoms with E-state index in [0.29, 0.717) is 6.54 Å². The lowest BCUT2D eigenvalue weighted by molar-refractivity contribution is 0.0747. The average Bonchev–Trinajstić information content (AvgIpc) is 2.86. The summed E-state index contributed by atoms with van der Waals surface area (Å²) in [6, 6.07) is 6.08. The van der Waals surface area contributed by atoms with Crippen molar-refractivity contribution >= 4 is 10.9 Å². The molecule has 0 aliphatic carbocycles. The van der Waals surface area contributed by atoms with Crippen LogP contribution in [0.1, 0.15) is 24.3 Å². The smallest absolute Gasteiger partial charge is 0.119 e. The Labute approximate surface area is 144 Å². The van der Waals surface area contributed by atoms with Gasteiger partial charge in [0.15, 0.2) is 0 Å². The van der Waals surface area contributed by atoms with Crippen molar-refractivity contribution in [2.24, 2.45) is 7.05 Å². The van der Waals surface area contributed by atoms with Gasteiger partial charge < -0.3 is 19.3 Å². The molecule has 1 aliphatic heterocycles. The van der Waals surface area contributed by atoms with Crippen LogP contribution in [0.25, 0.3) is 10.9 Å². The molecular formula is C19H29N3O2. The maximum atomic E-state index is 10.9. The van der Waals surface area contributed by atoms with Crippen molar-refractivity contribution in [3.63, 3.8) is 0 Å². The molecule has 1 fully saturated rings. The Bertz CT molecular complexity index is 702. The van der Waals surface area contributed by atoms with Gasteiger partial charge in [-0.15, -0.1) is 0 Å². The number of aliphatic hydroxyl groups is 1. The summed E-state index contributed by atoms with van der Waals surface area (Å²) in [5.41, 5.74) is 3.29. The van der Waals surface area contributed by atoms with E-state index in [1.165, 1.54) is 0 Å². The summed E-state index contributed by atoms with van der Waals surface area (Å²) in [7, 11) is 3.74. The highest BCUT2D eigenvalue weighted by atomic mass is 16.5. The maximum Gasteiger partial charge on any atom is 0.119 e. The van der Waals surface area contributed by atoms with Crippen molar-refractivity contribution in [3.05, 3.63) is 29.5 Å². The number of aryl methyl sites for hydroxylation is 1. The number of β-amino-alcohol motifs (C(OH)–C–C–N with tert-alkyl or cyclic N) is 1. The molecule has 2 aromatic rings. The van der Waals surface area contributed by atoms with Gasteiger partial charge >= 0.3 is 0 Å². The number of hydrogen-bond acceptors (Lipinski definition) is 4. The average molecular weight is 331 g/mol. The van der Waals surface area contributed by atoms with Gasteiger partial charge in [0.2, 0.25) is 0 Å². The van der Waals surface area contributed by atoms with Crippen LogP contribution in [0.15, 0.2) is 18.2 Å². The summed E-state index contributed by atoms with van der Waals surface area (Å²) in [5, 5.41) is 12.0. The topological polar surface area (TPSA) is 40.9 Å². The Hall–Kier alpha value is -1.56. The number of ether oxygens (including phenoxy) is 1. The SMILES string of the molecule is CCN1CCN(CC(O)c2c(C)n(C)c3ccc(OC)cc23)CC1. The Balaban J connectivity index is 1.84. The summed E-state index contributed by atoms with van der Waals surface area (Å²) in [5.74, 6) is 0.832. The zero-order valence-corrected chi connectivity index (χ0v) is 15.2. The third kappa shape index (κ3) is 3.16. The molecule has 5 nitrogen and oxygen atoms in total. The Morgan fingerprint density at radius 1 is 1.17 bits per heavy atom. The van der Waals surface area contributed by atoms with Crippen LogP contribution >= 0.6 is 0 Å². The van der Waals surface area contributed by atoms with Crippen molar-refractivity contribution in [2.75, 3.05) is 46.4 Å². The molecule has 1 unspecified atom stereocenters. The van der Waals surface area contributed by atoms with Crippen LogP contribution < -0.4 is 4.74 Å². The number of piperazine rings is 1. The second kappa shape index (κ2) is 7.13. The minimum atomic E-state index is -0.478. The highest BCUT2D eigenvalue weighted by Crippen LogP contribution is 2.33. The van der Waals surface area contributed by atoms with E-state index < -0.39 is 6.10 Å². The molecule has 3 rings (SSSR count). The second-order valence-corrected chi connectivity index (χ2v) is 6.69. The molecule has 1 aliphatic rings.